The van der Waals surface area contributed by atoms with Crippen LogP contribution in [-0.2, 0) is 27.2 Å². The number of amides is 5. The maximum Gasteiger partial charge on any atom is 0.407 e. The van der Waals surface area contributed by atoms with Crippen molar-refractivity contribution >= 4 is 23.9 Å². The number of carbonyl (C=O) groups is 4. The minimum Gasteiger partial charge on any atom is -0.453 e. The molecular formula is C40H54N6O6. The average molecular weight is 715 g/mol. The summed E-state index contributed by atoms with van der Waals surface area (Å²) in [6, 6.07) is 19.7. The summed E-state index contributed by atoms with van der Waals surface area (Å²) in [5.41, 5.74) is 2.31. The molecule has 52 heavy (non-hydrogen) atoms. The Hall–Kier alpha value is -4.97. The largest absolute Gasteiger partial charge is 0.453 e. The lowest BCUT2D eigenvalue weighted by molar-refractivity contribution is -0.130. The second-order valence-corrected chi connectivity index (χ2v) is 15.6. The molecule has 1 aliphatic heterocycles. The fourth-order valence-corrected chi connectivity index (χ4v) is 6.56. The lowest BCUT2D eigenvalue weighted by atomic mass is 9.84. The topological polar surface area (TPSA) is 162 Å². The quantitative estimate of drug-likeness (QED) is 0.165. The first-order valence-corrected chi connectivity index (χ1v) is 17.8. The molecule has 5 N–H and O–H groups in total. The van der Waals surface area contributed by atoms with E-state index in [0.29, 0.717) is 25.9 Å². The molecule has 12 nitrogen and oxygen atoms in total. The Morgan fingerprint density at radius 2 is 1.50 bits per heavy atom. The van der Waals surface area contributed by atoms with E-state index < -0.39 is 53.1 Å². The highest BCUT2D eigenvalue weighted by Gasteiger charge is 2.42. The number of ether oxygens (including phenoxy) is 1. The van der Waals surface area contributed by atoms with E-state index in [1.807, 2.05) is 114 Å². The van der Waals surface area contributed by atoms with Gasteiger partial charge < -0.3 is 36.0 Å². The third-order valence-electron chi connectivity index (χ3n) is 9.21. The summed E-state index contributed by atoms with van der Waals surface area (Å²) in [5.74, 6) is -0.804. The summed E-state index contributed by atoms with van der Waals surface area (Å²) in [5, 5.41) is 23.6. The molecular weight excluding hydrogens is 660 g/mol. The fraction of sp³-hybridized carbons (Fsp3) is 0.475. The number of urea groups is 1. The molecule has 2 aromatic carbocycles. The van der Waals surface area contributed by atoms with Crippen molar-refractivity contribution in [1.29, 1.82) is 0 Å². The van der Waals surface area contributed by atoms with E-state index in [2.05, 4.69) is 26.3 Å². The van der Waals surface area contributed by atoms with Crippen molar-refractivity contribution in [2.45, 2.75) is 91.1 Å². The van der Waals surface area contributed by atoms with Crippen LogP contribution in [0.25, 0.3) is 11.3 Å². The number of nitrogens with zero attached hydrogens (tertiary/aromatic N) is 2. The molecule has 0 spiro atoms. The standard InChI is InChI=1S/C40H54N6O6/c1-39(2,3)33(45-38(51)52-7)35(48)43-29(23-27-16-18-28(19-17-27)30-15-11-12-20-41-30)25-32(47)31(24-26-13-9-8-10-14-26)44-36(49)34(40(4,5)6)46-22-21-42-37(46)50/h8-20,29,31-34,47H,21-25H2,1-7H3,(H,42,50)(H,43,48)(H,44,49)(H,45,51)/t29-,31-,32-,33+,34+/m0/s1. The molecule has 0 aliphatic carbocycles. The van der Waals surface area contributed by atoms with Gasteiger partial charge in [0.15, 0.2) is 0 Å². The summed E-state index contributed by atoms with van der Waals surface area (Å²) < 4.78 is 4.81. The zero-order valence-corrected chi connectivity index (χ0v) is 31.3. The van der Waals surface area contributed by atoms with Gasteiger partial charge in [0, 0.05) is 30.9 Å². The van der Waals surface area contributed by atoms with Crippen molar-refractivity contribution in [3.05, 3.63) is 90.1 Å². The molecule has 2 heterocycles. The molecule has 3 aromatic rings. The van der Waals surface area contributed by atoms with Crippen LogP contribution in [0.4, 0.5) is 9.59 Å². The number of aliphatic hydroxyl groups is 1. The van der Waals surface area contributed by atoms with Gasteiger partial charge in [0.25, 0.3) is 0 Å². The number of carbonyl (C=O) groups excluding carboxylic acids is 4. The number of aromatic nitrogens is 1. The molecule has 0 bridgehead atoms. The molecule has 0 unspecified atom stereocenters. The first kappa shape index (κ1) is 39.8. The van der Waals surface area contributed by atoms with E-state index in [1.54, 1.807) is 11.1 Å². The van der Waals surface area contributed by atoms with E-state index in [1.165, 1.54) is 7.11 Å². The number of alkyl carbamates (subject to hydrolysis) is 1. The Morgan fingerprint density at radius 3 is 2.06 bits per heavy atom. The molecule has 12 heteroatoms. The highest BCUT2D eigenvalue weighted by atomic mass is 16.5. The van der Waals surface area contributed by atoms with Crippen LogP contribution < -0.4 is 21.3 Å². The molecule has 1 aromatic heterocycles. The van der Waals surface area contributed by atoms with Gasteiger partial charge in [0.05, 0.1) is 24.9 Å². The van der Waals surface area contributed by atoms with E-state index in [-0.39, 0.29) is 18.4 Å². The number of methoxy groups -OCH3 is 1. The third-order valence-corrected chi connectivity index (χ3v) is 9.21. The molecule has 4 rings (SSSR count). The highest BCUT2D eigenvalue weighted by molar-refractivity contribution is 5.89. The van der Waals surface area contributed by atoms with Gasteiger partial charge in [-0.15, -0.1) is 0 Å². The molecule has 0 saturated carbocycles. The predicted octanol–water partition coefficient (Wildman–Crippen LogP) is 4.47. The molecule has 280 valence electrons. The van der Waals surface area contributed by atoms with Crippen LogP contribution in [0, 0.1) is 10.8 Å². The van der Waals surface area contributed by atoms with Crippen LogP contribution in [0.15, 0.2) is 79.0 Å². The van der Waals surface area contributed by atoms with Crippen molar-refractivity contribution in [3.8, 4) is 11.3 Å². The lowest BCUT2D eigenvalue weighted by Gasteiger charge is -2.38. The number of hydrogen-bond donors (Lipinski definition) is 5. The molecule has 5 atom stereocenters. The van der Waals surface area contributed by atoms with Gasteiger partial charge in [-0.1, -0.05) is 102 Å². The van der Waals surface area contributed by atoms with Gasteiger partial charge in [0.2, 0.25) is 11.8 Å². The maximum atomic E-state index is 14.1. The maximum absolute atomic E-state index is 14.1. The zero-order valence-electron chi connectivity index (χ0n) is 31.3. The van der Waals surface area contributed by atoms with Crippen LogP contribution in [0.1, 0.15) is 59.1 Å². The van der Waals surface area contributed by atoms with Gasteiger partial charge in [0.1, 0.15) is 12.1 Å². The van der Waals surface area contributed by atoms with Crippen molar-refractivity contribution < 1.29 is 29.0 Å². The number of pyridine rings is 1. The summed E-state index contributed by atoms with van der Waals surface area (Å²) in [6.45, 7) is 12.1. The molecule has 1 saturated heterocycles. The normalized spacial score (nSPS) is 16.2. The molecule has 1 fully saturated rings. The first-order valence-electron chi connectivity index (χ1n) is 17.8. The lowest BCUT2D eigenvalue weighted by Crippen LogP contribution is -2.59. The molecule has 1 aliphatic rings. The van der Waals surface area contributed by atoms with E-state index in [9.17, 15) is 24.3 Å². The molecule has 5 amide bonds. The van der Waals surface area contributed by atoms with Gasteiger partial charge >= 0.3 is 12.1 Å². The van der Waals surface area contributed by atoms with E-state index in [4.69, 9.17) is 4.74 Å². The van der Waals surface area contributed by atoms with Crippen molar-refractivity contribution in [2.75, 3.05) is 20.2 Å². The van der Waals surface area contributed by atoms with Crippen LogP contribution in [0.2, 0.25) is 0 Å². The van der Waals surface area contributed by atoms with Crippen molar-refractivity contribution in [3.63, 3.8) is 0 Å². The predicted molar refractivity (Wildman–Crippen MR) is 200 cm³/mol. The van der Waals surface area contributed by atoms with Crippen LogP contribution in [0.5, 0.6) is 0 Å². The Bertz CT molecular complexity index is 1640. The van der Waals surface area contributed by atoms with Crippen LogP contribution in [0.3, 0.4) is 0 Å². The number of rotatable bonds is 14. The summed E-state index contributed by atoms with van der Waals surface area (Å²) in [4.78, 5) is 58.9. The van der Waals surface area contributed by atoms with Gasteiger partial charge in [-0.3, -0.25) is 14.6 Å². The summed E-state index contributed by atoms with van der Waals surface area (Å²) >= 11 is 0. The minimum atomic E-state index is -1.11. The number of benzene rings is 2. The van der Waals surface area contributed by atoms with Crippen LogP contribution >= 0.6 is 0 Å². The van der Waals surface area contributed by atoms with E-state index >= 15 is 0 Å². The van der Waals surface area contributed by atoms with Crippen molar-refractivity contribution in [2.24, 2.45) is 10.8 Å². The third kappa shape index (κ3) is 11.0. The Balaban J connectivity index is 1.64. The zero-order chi connectivity index (χ0) is 38.1. The molecule has 0 radical (unpaired) electrons. The smallest absolute Gasteiger partial charge is 0.407 e. The Kier molecular flexibility index (Phi) is 13.4. The first-order chi connectivity index (χ1) is 24.6. The van der Waals surface area contributed by atoms with Crippen molar-refractivity contribution in [1.82, 2.24) is 31.2 Å². The van der Waals surface area contributed by atoms with Gasteiger partial charge in [-0.05, 0) is 53.4 Å². The average Bonchev–Trinajstić information content (AvgIpc) is 3.51. The van der Waals surface area contributed by atoms with Crippen LogP contribution in [-0.4, -0.2) is 89.4 Å². The number of aliphatic hydroxyl groups excluding tert-OH is 1. The Morgan fingerprint density at radius 1 is 0.846 bits per heavy atom. The van der Waals surface area contributed by atoms with Gasteiger partial charge in [-0.2, -0.15) is 0 Å². The summed E-state index contributed by atoms with van der Waals surface area (Å²) in [6.07, 6.45) is 0.624. The monoisotopic (exact) mass is 714 g/mol. The Labute approximate surface area is 307 Å². The highest BCUT2D eigenvalue weighted by Crippen LogP contribution is 2.27. The number of nitrogens with one attached hydrogen (secondary N) is 4. The number of hydrogen-bond acceptors (Lipinski definition) is 7. The second kappa shape index (κ2) is 17.5. The fourth-order valence-electron chi connectivity index (χ4n) is 6.56. The van der Waals surface area contributed by atoms with E-state index in [0.717, 1.165) is 22.4 Å². The summed E-state index contributed by atoms with van der Waals surface area (Å²) in [7, 11) is 1.24. The minimum absolute atomic E-state index is 0.0744. The SMILES string of the molecule is COC(=O)N[C@H](C(=O)N[C@@H](Cc1ccc(-c2ccccn2)cc1)C[C@H](O)[C@H](Cc1ccccc1)NC(=O)[C@@H](N1CCNC1=O)C(C)(C)C)C(C)(C)C. The van der Waals surface area contributed by atoms with Gasteiger partial charge in [-0.25, -0.2) is 9.59 Å². The second-order valence-electron chi connectivity index (χ2n) is 15.6.